The van der Waals surface area contributed by atoms with E-state index in [0.717, 1.165) is 6.07 Å². The molecule has 4 N–H and O–H groups in total. The summed E-state index contributed by atoms with van der Waals surface area (Å²) in [5.74, 6) is -2.27. The number of carbonyl (C=O) groups is 2. The van der Waals surface area contributed by atoms with E-state index in [4.69, 9.17) is 28.9 Å². The first kappa shape index (κ1) is 27.2. The predicted molar refractivity (Wildman–Crippen MR) is 133 cm³/mol. The number of urea groups is 1. The summed E-state index contributed by atoms with van der Waals surface area (Å²) in [5, 5.41) is 5.02. The third-order valence-electron chi connectivity index (χ3n) is 6.33. The Morgan fingerprint density at radius 3 is 2.49 bits per heavy atom. The zero-order chi connectivity index (χ0) is 26.1. The summed E-state index contributed by atoms with van der Waals surface area (Å²) in [6.45, 7) is 5.85. The number of rotatable bonds is 5. The molecule has 0 aromatic heterocycles. The van der Waals surface area contributed by atoms with Gasteiger partial charge in [0.05, 0.1) is 23.1 Å². The average Bonchev–Trinajstić information content (AvgIpc) is 3.05. The van der Waals surface area contributed by atoms with Crippen LogP contribution in [0.3, 0.4) is 0 Å². The second-order valence-corrected chi connectivity index (χ2v) is 10.9. The van der Waals surface area contributed by atoms with Gasteiger partial charge >= 0.3 is 6.03 Å². The second-order valence-electron chi connectivity index (χ2n) is 10.0. The van der Waals surface area contributed by atoms with Crippen LogP contribution >= 0.6 is 23.2 Å². The monoisotopic (exact) mass is 526 g/mol. The van der Waals surface area contributed by atoms with Gasteiger partial charge in [0.2, 0.25) is 5.91 Å². The number of halogens is 4. The van der Waals surface area contributed by atoms with Gasteiger partial charge in [0.1, 0.15) is 11.6 Å². The van der Waals surface area contributed by atoms with Crippen LogP contribution in [0.2, 0.25) is 10.0 Å². The molecule has 10 heteroatoms. The molecule has 0 unspecified atom stereocenters. The Kier molecular flexibility index (Phi) is 7.99. The molecule has 0 saturated carbocycles. The van der Waals surface area contributed by atoms with Crippen molar-refractivity contribution < 1.29 is 18.4 Å². The Hall–Kier alpha value is -2.42. The fourth-order valence-corrected chi connectivity index (χ4v) is 5.20. The molecule has 190 valence electrons. The number of carbonyl (C=O) groups excluding carboxylic acids is 2. The predicted octanol–water partition coefficient (Wildman–Crippen LogP) is 4.99. The molecule has 1 heterocycles. The molecular weight excluding hydrogens is 497 g/mol. The normalized spacial score (nSPS) is 22.3. The van der Waals surface area contributed by atoms with E-state index in [1.807, 2.05) is 20.8 Å². The van der Waals surface area contributed by atoms with Crippen molar-refractivity contribution in [1.82, 2.24) is 15.5 Å². The second kappa shape index (κ2) is 10.3. The summed E-state index contributed by atoms with van der Waals surface area (Å²) in [4.78, 5) is 26.4. The lowest BCUT2D eigenvalue weighted by Gasteiger charge is -2.40. The van der Waals surface area contributed by atoms with Gasteiger partial charge in [-0.1, -0.05) is 62.2 Å². The minimum absolute atomic E-state index is 0.0563. The van der Waals surface area contributed by atoms with E-state index in [0.29, 0.717) is 6.42 Å². The fourth-order valence-electron chi connectivity index (χ4n) is 4.86. The zero-order valence-corrected chi connectivity index (χ0v) is 21.6. The Morgan fingerprint density at radius 1 is 1.20 bits per heavy atom. The SMILES string of the molecule is CNC(=O)CNC(=O)N1C[C@@H](CC(C)(C)C)[C@](N)(c2ccc(Cl)cc2F)[C@H]1c1cccc(Cl)c1F. The van der Waals surface area contributed by atoms with Gasteiger partial charge in [-0.15, -0.1) is 0 Å². The Labute approximate surface area is 214 Å². The molecule has 1 saturated heterocycles. The molecule has 2 aromatic carbocycles. The lowest BCUT2D eigenvalue weighted by molar-refractivity contribution is -0.119. The lowest BCUT2D eigenvalue weighted by atomic mass is 9.69. The molecule has 1 aliphatic rings. The van der Waals surface area contributed by atoms with Gasteiger partial charge in [0.25, 0.3) is 0 Å². The minimum Gasteiger partial charge on any atom is -0.358 e. The maximum absolute atomic E-state index is 15.4. The Balaban J connectivity index is 2.23. The Bertz CT molecular complexity index is 1130. The molecule has 3 rings (SSSR count). The van der Waals surface area contributed by atoms with E-state index in [1.54, 1.807) is 6.07 Å². The van der Waals surface area contributed by atoms with Gasteiger partial charge in [0.15, 0.2) is 0 Å². The quantitative estimate of drug-likeness (QED) is 0.512. The van der Waals surface area contributed by atoms with Gasteiger partial charge in [-0.3, -0.25) is 4.79 Å². The fraction of sp³-hybridized carbons (Fsp3) is 0.440. The first-order chi connectivity index (χ1) is 16.3. The number of likely N-dealkylation sites (tertiary alicyclic amines) is 1. The van der Waals surface area contributed by atoms with E-state index in [9.17, 15) is 9.59 Å². The number of amides is 3. The number of nitrogens with zero attached hydrogens (tertiary/aromatic N) is 1. The van der Waals surface area contributed by atoms with Crippen LogP contribution in [0, 0.1) is 23.0 Å². The molecule has 0 radical (unpaired) electrons. The summed E-state index contributed by atoms with van der Waals surface area (Å²) in [5.41, 5.74) is 5.49. The van der Waals surface area contributed by atoms with Crippen molar-refractivity contribution in [1.29, 1.82) is 0 Å². The summed E-state index contributed by atoms with van der Waals surface area (Å²) in [6, 6.07) is 6.83. The number of hydrogen-bond acceptors (Lipinski definition) is 3. The first-order valence-corrected chi connectivity index (χ1v) is 12.0. The summed E-state index contributed by atoms with van der Waals surface area (Å²) in [7, 11) is 1.45. The van der Waals surface area contributed by atoms with Gasteiger partial charge < -0.3 is 21.3 Å². The van der Waals surface area contributed by atoms with Gasteiger partial charge in [-0.25, -0.2) is 13.6 Å². The van der Waals surface area contributed by atoms with Crippen molar-refractivity contribution in [2.75, 3.05) is 20.1 Å². The average molecular weight is 527 g/mol. The van der Waals surface area contributed by atoms with Crippen molar-refractivity contribution in [3.8, 4) is 0 Å². The van der Waals surface area contributed by atoms with Crippen LogP contribution in [-0.4, -0.2) is 37.0 Å². The molecule has 2 aromatic rings. The number of hydrogen-bond donors (Lipinski definition) is 3. The number of likely N-dealkylation sites (N-methyl/N-ethyl adjacent to an activating group) is 1. The van der Waals surface area contributed by atoms with E-state index >= 15 is 8.78 Å². The van der Waals surface area contributed by atoms with Crippen molar-refractivity contribution in [3.63, 3.8) is 0 Å². The van der Waals surface area contributed by atoms with Crippen LogP contribution in [0.1, 0.15) is 44.4 Å². The highest BCUT2D eigenvalue weighted by Crippen LogP contribution is 2.53. The minimum atomic E-state index is -1.53. The highest BCUT2D eigenvalue weighted by Gasteiger charge is 2.57. The molecule has 0 spiro atoms. The van der Waals surface area contributed by atoms with Crippen LogP contribution in [0.25, 0.3) is 0 Å². The molecule has 0 bridgehead atoms. The van der Waals surface area contributed by atoms with E-state index in [-0.39, 0.29) is 39.7 Å². The first-order valence-electron chi connectivity index (χ1n) is 11.2. The van der Waals surface area contributed by atoms with E-state index in [2.05, 4.69) is 10.6 Å². The highest BCUT2D eigenvalue weighted by atomic mass is 35.5. The standard InChI is InChI=1S/C25H30Cl2F2N4O2/c1-24(2,3)11-14-13-33(23(35)32-12-20(34)31-4)22(16-6-5-7-18(27)21(16)29)25(14,30)17-9-8-15(26)10-19(17)28/h5-10,14,22H,11-13,30H2,1-4H3,(H,31,34)(H,32,35)/t14-,22-,25+/m1/s1. The third-order valence-corrected chi connectivity index (χ3v) is 6.86. The molecule has 6 nitrogen and oxygen atoms in total. The maximum Gasteiger partial charge on any atom is 0.318 e. The van der Waals surface area contributed by atoms with Crippen molar-refractivity contribution in [3.05, 3.63) is 69.2 Å². The molecule has 35 heavy (non-hydrogen) atoms. The van der Waals surface area contributed by atoms with Crippen molar-refractivity contribution in [2.24, 2.45) is 17.1 Å². The number of nitrogens with one attached hydrogen (secondary N) is 2. The summed E-state index contributed by atoms with van der Waals surface area (Å²) < 4.78 is 30.8. The van der Waals surface area contributed by atoms with Gasteiger partial charge in [-0.2, -0.15) is 0 Å². The van der Waals surface area contributed by atoms with E-state index in [1.165, 1.54) is 36.2 Å². The van der Waals surface area contributed by atoms with Gasteiger partial charge in [-0.05, 0) is 30.0 Å². The van der Waals surface area contributed by atoms with Crippen LogP contribution in [0.4, 0.5) is 13.6 Å². The highest BCUT2D eigenvalue weighted by molar-refractivity contribution is 6.31. The van der Waals surface area contributed by atoms with E-state index < -0.39 is 41.1 Å². The molecule has 0 aliphatic carbocycles. The summed E-state index contributed by atoms with van der Waals surface area (Å²) in [6.07, 6.45) is 0.503. The van der Waals surface area contributed by atoms with Crippen molar-refractivity contribution in [2.45, 2.75) is 38.8 Å². The van der Waals surface area contributed by atoms with Crippen molar-refractivity contribution >= 4 is 35.1 Å². The smallest absolute Gasteiger partial charge is 0.318 e. The lowest BCUT2D eigenvalue weighted by Crippen LogP contribution is -2.50. The Morgan fingerprint density at radius 2 is 1.89 bits per heavy atom. The third kappa shape index (κ3) is 5.55. The molecule has 3 amide bonds. The topological polar surface area (TPSA) is 87.5 Å². The molecule has 1 aliphatic heterocycles. The number of nitrogens with two attached hydrogens (primary N) is 1. The largest absolute Gasteiger partial charge is 0.358 e. The van der Waals surface area contributed by atoms with Gasteiger partial charge in [0, 0.05) is 35.7 Å². The summed E-state index contributed by atoms with van der Waals surface area (Å²) >= 11 is 12.1. The molecule has 1 fully saturated rings. The maximum atomic E-state index is 15.4. The van der Waals surface area contributed by atoms with Crippen LogP contribution in [0.15, 0.2) is 36.4 Å². The molecule has 3 atom stereocenters. The van der Waals surface area contributed by atoms with Crippen LogP contribution in [-0.2, 0) is 10.3 Å². The zero-order valence-electron chi connectivity index (χ0n) is 20.1. The molecular formula is C25H30Cl2F2N4O2. The number of benzene rings is 2. The van der Waals surface area contributed by atoms with Crippen LogP contribution in [0.5, 0.6) is 0 Å². The van der Waals surface area contributed by atoms with Crippen LogP contribution < -0.4 is 16.4 Å².